The van der Waals surface area contributed by atoms with Gasteiger partial charge in [0, 0.05) is 16.6 Å². The van der Waals surface area contributed by atoms with Crippen LogP contribution in [-0.4, -0.2) is 27.5 Å². The van der Waals surface area contributed by atoms with Gasteiger partial charge >= 0.3 is 0 Å². The van der Waals surface area contributed by atoms with Crippen molar-refractivity contribution in [3.8, 4) is 5.75 Å². The molecule has 3 aromatic carbocycles. The molecular weight excluding hydrogens is 483 g/mol. The minimum Gasteiger partial charge on any atom is -0.495 e. The molecule has 0 bridgehead atoms. The van der Waals surface area contributed by atoms with E-state index in [2.05, 4.69) is 10.0 Å². The largest absolute Gasteiger partial charge is 0.495 e. The number of methoxy groups -OCH3 is 1. The fraction of sp³-hybridized carbons (Fsp3) is 0.208. The van der Waals surface area contributed by atoms with Crippen molar-refractivity contribution in [3.05, 3.63) is 93.5 Å². The summed E-state index contributed by atoms with van der Waals surface area (Å²) in [5, 5.41) is 3.66. The molecular formula is C24H24Cl2N2O4S. The Balaban J connectivity index is 1.86. The zero-order valence-electron chi connectivity index (χ0n) is 18.1. The van der Waals surface area contributed by atoms with Gasteiger partial charge < -0.3 is 10.1 Å². The van der Waals surface area contributed by atoms with Crippen molar-refractivity contribution < 1.29 is 17.9 Å². The molecule has 0 aliphatic rings. The Hall–Kier alpha value is -2.58. The molecule has 2 N–H and O–H groups in total. The van der Waals surface area contributed by atoms with Crippen LogP contribution in [0.5, 0.6) is 5.75 Å². The lowest BCUT2D eigenvalue weighted by molar-refractivity contribution is -0.122. The topological polar surface area (TPSA) is 84.5 Å². The van der Waals surface area contributed by atoms with Crippen molar-refractivity contribution >= 4 is 39.1 Å². The van der Waals surface area contributed by atoms with E-state index in [4.69, 9.17) is 27.9 Å². The van der Waals surface area contributed by atoms with E-state index >= 15 is 0 Å². The Morgan fingerprint density at radius 1 is 1.03 bits per heavy atom. The number of hydrogen-bond acceptors (Lipinski definition) is 4. The fourth-order valence-electron chi connectivity index (χ4n) is 3.25. The monoisotopic (exact) mass is 506 g/mol. The zero-order valence-corrected chi connectivity index (χ0v) is 20.5. The van der Waals surface area contributed by atoms with E-state index in [1.54, 1.807) is 37.3 Å². The van der Waals surface area contributed by atoms with Crippen LogP contribution in [0.2, 0.25) is 10.0 Å². The van der Waals surface area contributed by atoms with E-state index < -0.39 is 22.0 Å². The molecule has 0 fully saturated rings. The lowest BCUT2D eigenvalue weighted by Crippen LogP contribution is -2.47. The summed E-state index contributed by atoms with van der Waals surface area (Å²) in [5.74, 6) is -0.292. The SMILES string of the molecule is COc1ccc(C)cc1S(=O)(=O)NC(Cc1ccccc1)C(=O)NCc1ccc(Cl)cc1Cl. The molecule has 0 aliphatic heterocycles. The number of rotatable bonds is 9. The highest BCUT2D eigenvalue weighted by molar-refractivity contribution is 7.89. The van der Waals surface area contributed by atoms with Gasteiger partial charge in [-0.15, -0.1) is 0 Å². The third-order valence-corrected chi connectivity index (χ3v) is 7.05. The first kappa shape index (κ1) is 25.1. The number of ether oxygens (including phenoxy) is 1. The predicted octanol–water partition coefficient (Wildman–Crippen LogP) is 4.52. The number of sulfonamides is 1. The first-order valence-corrected chi connectivity index (χ1v) is 12.4. The molecule has 3 rings (SSSR count). The summed E-state index contributed by atoms with van der Waals surface area (Å²) in [6.45, 7) is 1.90. The zero-order chi connectivity index (χ0) is 24.0. The van der Waals surface area contributed by atoms with Crippen molar-refractivity contribution in [1.29, 1.82) is 0 Å². The first-order valence-electron chi connectivity index (χ1n) is 10.1. The third-order valence-electron chi connectivity index (χ3n) is 4.97. The second-order valence-corrected chi connectivity index (χ2v) is 10.00. The Kier molecular flexibility index (Phi) is 8.37. The van der Waals surface area contributed by atoms with Gasteiger partial charge in [0.25, 0.3) is 0 Å². The van der Waals surface area contributed by atoms with Crippen LogP contribution in [-0.2, 0) is 27.8 Å². The Labute approximate surface area is 203 Å². The molecule has 9 heteroatoms. The van der Waals surface area contributed by atoms with E-state index in [9.17, 15) is 13.2 Å². The number of carbonyl (C=O) groups is 1. The van der Waals surface area contributed by atoms with Crippen LogP contribution >= 0.6 is 23.2 Å². The van der Waals surface area contributed by atoms with Gasteiger partial charge in [0.2, 0.25) is 15.9 Å². The van der Waals surface area contributed by atoms with E-state index in [0.29, 0.717) is 15.6 Å². The second-order valence-electron chi connectivity index (χ2n) is 7.47. The lowest BCUT2D eigenvalue weighted by atomic mass is 10.1. The number of nitrogens with one attached hydrogen (secondary N) is 2. The Morgan fingerprint density at radius 3 is 2.42 bits per heavy atom. The van der Waals surface area contributed by atoms with Gasteiger partial charge in [0.05, 0.1) is 7.11 Å². The maximum atomic E-state index is 13.2. The number of hydrogen-bond donors (Lipinski definition) is 2. The summed E-state index contributed by atoms with van der Waals surface area (Å²) in [4.78, 5) is 13.1. The predicted molar refractivity (Wildman–Crippen MR) is 130 cm³/mol. The number of aryl methyl sites for hydroxylation is 1. The van der Waals surface area contributed by atoms with Crippen molar-refractivity contribution in [1.82, 2.24) is 10.0 Å². The second kappa shape index (κ2) is 11.0. The molecule has 0 saturated heterocycles. The molecule has 174 valence electrons. The van der Waals surface area contributed by atoms with Crippen LogP contribution in [0, 0.1) is 6.92 Å². The summed E-state index contributed by atoms with van der Waals surface area (Å²) in [7, 11) is -2.67. The van der Waals surface area contributed by atoms with Crippen LogP contribution in [0.25, 0.3) is 0 Å². The summed E-state index contributed by atoms with van der Waals surface area (Å²) < 4.78 is 34.2. The van der Waals surface area contributed by atoms with E-state index in [1.165, 1.54) is 13.2 Å². The molecule has 33 heavy (non-hydrogen) atoms. The Morgan fingerprint density at radius 2 is 1.76 bits per heavy atom. The van der Waals surface area contributed by atoms with Crippen LogP contribution in [0.3, 0.4) is 0 Å². The molecule has 0 aromatic heterocycles. The summed E-state index contributed by atoms with van der Waals surface area (Å²) >= 11 is 12.1. The van der Waals surface area contributed by atoms with Gasteiger partial charge in [0.15, 0.2) is 0 Å². The van der Waals surface area contributed by atoms with E-state index in [0.717, 1.165) is 11.1 Å². The van der Waals surface area contributed by atoms with Crippen molar-refractivity contribution in [2.45, 2.75) is 30.8 Å². The quantitative estimate of drug-likeness (QED) is 0.446. The highest BCUT2D eigenvalue weighted by atomic mass is 35.5. The van der Waals surface area contributed by atoms with Crippen LogP contribution in [0.15, 0.2) is 71.6 Å². The van der Waals surface area contributed by atoms with Gasteiger partial charge in [-0.1, -0.05) is 65.7 Å². The minimum atomic E-state index is -4.07. The average molecular weight is 507 g/mol. The maximum absolute atomic E-state index is 13.2. The summed E-state index contributed by atoms with van der Waals surface area (Å²) in [6.07, 6.45) is 0.161. The number of halogens is 2. The molecule has 1 atom stereocenters. The smallest absolute Gasteiger partial charge is 0.244 e. The number of amides is 1. The highest BCUT2D eigenvalue weighted by Crippen LogP contribution is 2.25. The molecule has 0 aliphatic carbocycles. The van der Waals surface area contributed by atoms with Crippen LogP contribution in [0.1, 0.15) is 16.7 Å². The first-order chi connectivity index (χ1) is 15.7. The van der Waals surface area contributed by atoms with Gasteiger partial charge in [-0.25, -0.2) is 8.42 Å². The van der Waals surface area contributed by atoms with Gasteiger partial charge in [-0.05, 0) is 54.3 Å². The van der Waals surface area contributed by atoms with Crippen molar-refractivity contribution in [3.63, 3.8) is 0 Å². The molecule has 0 heterocycles. The minimum absolute atomic E-state index is 0.0309. The van der Waals surface area contributed by atoms with Gasteiger partial charge in [-0.3, -0.25) is 4.79 Å². The van der Waals surface area contributed by atoms with E-state index in [-0.39, 0.29) is 23.6 Å². The van der Waals surface area contributed by atoms with Gasteiger partial charge in [0.1, 0.15) is 16.7 Å². The number of benzene rings is 3. The molecule has 0 radical (unpaired) electrons. The molecule has 0 saturated carbocycles. The van der Waals surface area contributed by atoms with Crippen molar-refractivity contribution in [2.75, 3.05) is 7.11 Å². The van der Waals surface area contributed by atoms with E-state index in [1.807, 2.05) is 30.3 Å². The average Bonchev–Trinajstić information content (AvgIpc) is 2.78. The summed E-state index contributed by atoms with van der Waals surface area (Å²) in [5.41, 5.74) is 2.22. The molecule has 3 aromatic rings. The molecule has 1 amide bonds. The van der Waals surface area contributed by atoms with Crippen LogP contribution < -0.4 is 14.8 Å². The molecule has 6 nitrogen and oxygen atoms in total. The summed E-state index contributed by atoms with van der Waals surface area (Å²) in [6, 6.07) is 17.9. The van der Waals surface area contributed by atoms with Crippen LogP contribution in [0.4, 0.5) is 0 Å². The molecule has 0 spiro atoms. The standard InChI is InChI=1S/C24H24Cl2N2O4S/c1-16-8-11-22(32-2)23(12-16)33(30,31)28-21(13-17-6-4-3-5-7-17)24(29)27-15-18-9-10-19(25)14-20(18)26/h3-12,14,21,28H,13,15H2,1-2H3,(H,27,29). The number of carbonyl (C=O) groups excluding carboxylic acids is 1. The maximum Gasteiger partial charge on any atom is 0.244 e. The Bertz CT molecular complexity index is 1230. The third kappa shape index (κ3) is 6.71. The highest BCUT2D eigenvalue weighted by Gasteiger charge is 2.28. The van der Waals surface area contributed by atoms with Gasteiger partial charge in [-0.2, -0.15) is 4.72 Å². The fourth-order valence-corrected chi connectivity index (χ4v) is 5.18. The molecule has 1 unspecified atom stereocenters. The van der Waals surface area contributed by atoms with Crippen molar-refractivity contribution in [2.24, 2.45) is 0 Å². The normalized spacial score (nSPS) is 12.2. The lowest BCUT2D eigenvalue weighted by Gasteiger charge is -2.20.